The van der Waals surface area contributed by atoms with Crippen LogP contribution in [-0.4, -0.2) is 23.4 Å². The van der Waals surface area contributed by atoms with Crippen LogP contribution < -0.4 is 10.6 Å². The third-order valence-corrected chi connectivity index (χ3v) is 4.69. The van der Waals surface area contributed by atoms with Crippen LogP contribution in [0, 0.1) is 0 Å². The molecule has 1 aliphatic heterocycles. The van der Waals surface area contributed by atoms with Crippen LogP contribution in [0.15, 0.2) is 54.7 Å². The van der Waals surface area contributed by atoms with Gasteiger partial charge < -0.3 is 15.2 Å². The molecular formula is C21H19N3O2. The molecule has 0 fully saturated rings. The molecule has 2 amide bonds. The van der Waals surface area contributed by atoms with Gasteiger partial charge in [0.15, 0.2) is 0 Å². The van der Waals surface area contributed by atoms with Crippen LogP contribution in [0.2, 0.25) is 0 Å². The topological polar surface area (TPSA) is 63.1 Å². The van der Waals surface area contributed by atoms with Gasteiger partial charge >= 0.3 is 0 Å². The van der Waals surface area contributed by atoms with Gasteiger partial charge in [-0.3, -0.25) is 9.59 Å². The van der Waals surface area contributed by atoms with E-state index in [1.807, 2.05) is 60.8 Å². The number of para-hydroxylation sites is 2. The van der Waals surface area contributed by atoms with Crippen molar-refractivity contribution in [2.24, 2.45) is 0 Å². The lowest BCUT2D eigenvalue weighted by atomic mass is 10.0. The van der Waals surface area contributed by atoms with Crippen molar-refractivity contribution < 1.29 is 9.59 Å². The van der Waals surface area contributed by atoms with Crippen molar-refractivity contribution in [2.75, 3.05) is 12.4 Å². The fourth-order valence-corrected chi connectivity index (χ4v) is 3.36. The summed E-state index contributed by atoms with van der Waals surface area (Å²) in [6.45, 7) is 0.589. The summed E-state index contributed by atoms with van der Waals surface area (Å²) in [7, 11) is 1.64. The summed E-state index contributed by atoms with van der Waals surface area (Å²) in [5, 5.41) is 6.62. The fourth-order valence-electron chi connectivity index (χ4n) is 3.36. The minimum absolute atomic E-state index is 0.00628. The number of carbonyl (C=O) groups is 2. The SMILES string of the molecule is CNC(=O)CCn1cc(/C=C2\C(=O)Nc3ccccc32)c2ccccc21. The molecule has 2 N–H and O–H groups in total. The summed E-state index contributed by atoms with van der Waals surface area (Å²) in [5.74, 6) is -0.0832. The summed E-state index contributed by atoms with van der Waals surface area (Å²) < 4.78 is 2.07. The average molecular weight is 345 g/mol. The third kappa shape index (κ3) is 2.77. The number of nitrogens with one attached hydrogen (secondary N) is 2. The molecule has 3 aromatic rings. The van der Waals surface area contributed by atoms with Crippen LogP contribution in [-0.2, 0) is 16.1 Å². The Hall–Kier alpha value is -3.34. The maximum atomic E-state index is 12.4. The van der Waals surface area contributed by atoms with Crippen molar-refractivity contribution in [3.63, 3.8) is 0 Å². The number of hydrogen-bond donors (Lipinski definition) is 2. The van der Waals surface area contributed by atoms with Gasteiger partial charge in [0.25, 0.3) is 5.91 Å². The zero-order valence-electron chi connectivity index (χ0n) is 14.5. The first-order chi connectivity index (χ1) is 12.7. The number of amides is 2. The van der Waals surface area contributed by atoms with Gasteiger partial charge in [0.05, 0.1) is 0 Å². The number of fused-ring (bicyclic) bond motifs is 2. The van der Waals surface area contributed by atoms with E-state index in [1.54, 1.807) is 7.05 Å². The molecule has 0 unspecified atom stereocenters. The maximum Gasteiger partial charge on any atom is 0.256 e. The highest BCUT2D eigenvalue weighted by atomic mass is 16.2. The minimum Gasteiger partial charge on any atom is -0.359 e. The second-order valence-electron chi connectivity index (χ2n) is 6.28. The predicted octanol–water partition coefficient (Wildman–Crippen LogP) is 3.27. The molecule has 0 spiro atoms. The predicted molar refractivity (Wildman–Crippen MR) is 104 cm³/mol. The van der Waals surface area contributed by atoms with Crippen molar-refractivity contribution in [1.82, 2.24) is 9.88 Å². The molecule has 1 aromatic heterocycles. The third-order valence-electron chi connectivity index (χ3n) is 4.69. The van der Waals surface area contributed by atoms with Gasteiger partial charge in [0.2, 0.25) is 5.91 Å². The summed E-state index contributed by atoms with van der Waals surface area (Å²) in [6, 6.07) is 15.7. The first-order valence-electron chi connectivity index (χ1n) is 8.58. The van der Waals surface area contributed by atoms with E-state index < -0.39 is 0 Å². The Bertz CT molecular complexity index is 1050. The number of hydrogen-bond acceptors (Lipinski definition) is 2. The Balaban J connectivity index is 1.78. The lowest BCUT2D eigenvalue weighted by Gasteiger charge is -2.04. The number of aromatic nitrogens is 1. The number of nitrogens with zero attached hydrogens (tertiary/aromatic N) is 1. The molecule has 0 aliphatic carbocycles. The smallest absolute Gasteiger partial charge is 0.256 e. The Labute approximate surface area is 151 Å². The monoisotopic (exact) mass is 345 g/mol. The first kappa shape index (κ1) is 16.1. The van der Waals surface area contributed by atoms with E-state index in [9.17, 15) is 9.59 Å². The summed E-state index contributed by atoms with van der Waals surface area (Å²) >= 11 is 0. The van der Waals surface area contributed by atoms with Gasteiger partial charge in [-0.15, -0.1) is 0 Å². The molecule has 4 rings (SSSR count). The Kier molecular flexibility index (Phi) is 4.05. The lowest BCUT2D eigenvalue weighted by Crippen LogP contribution is -2.19. The summed E-state index contributed by atoms with van der Waals surface area (Å²) in [4.78, 5) is 24.0. The van der Waals surface area contributed by atoms with Crippen LogP contribution in [0.1, 0.15) is 17.5 Å². The molecule has 0 saturated heterocycles. The molecule has 5 nitrogen and oxygen atoms in total. The standard InChI is InChI=1S/C21H19N3O2/c1-22-20(25)10-11-24-13-14(15-6-3-5-9-19(15)24)12-17-16-7-2-4-8-18(16)23-21(17)26/h2-9,12-13H,10-11H2,1H3,(H,22,25)(H,23,26)/b17-12-. The first-order valence-corrected chi connectivity index (χ1v) is 8.58. The minimum atomic E-state index is -0.0895. The van der Waals surface area contributed by atoms with Gasteiger partial charge in [-0.25, -0.2) is 0 Å². The van der Waals surface area contributed by atoms with E-state index in [4.69, 9.17) is 0 Å². The van der Waals surface area contributed by atoms with Gasteiger partial charge in [-0.1, -0.05) is 36.4 Å². The number of rotatable bonds is 4. The van der Waals surface area contributed by atoms with E-state index >= 15 is 0 Å². The zero-order valence-corrected chi connectivity index (χ0v) is 14.5. The molecule has 2 aromatic carbocycles. The molecule has 0 bridgehead atoms. The quantitative estimate of drug-likeness (QED) is 0.713. The molecule has 5 heteroatoms. The Morgan fingerprint density at radius 2 is 1.92 bits per heavy atom. The molecule has 26 heavy (non-hydrogen) atoms. The number of anilines is 1. The molecule has 130 valence electrons. The fraction of sp³-hybridized carbons (Fsp3) is 0.143. The molecule has 0 saturated carbocycles. The van der Waals surface area contributed by atoms with Gasteiger partial charge in [0.1, 0.15) is 0 Å². The van der Waals surface area contributed by atoms with Crippen LogP contribution in [0.25, 0.3) is 22.6 Å². The zero-order chi connectivity index (χ0) is 18.1. The maximum absolute atomic E-state index is 12.4. The largest absolute Gasteiger partial charge is 0.359 e. The van der Waals surface area contributed by atoms with Crippen LogP contribution in [0.5, 0.6) is 0 Å². The van der Waals surface area contributed by atoms with Crippen LogP contribution in [0.4, 0.5) is 5.69 Å². The van der Waals surface area contributed by atoms with Gasteiger partial charge in [0, 0.05) is 59.5 Å². The highest BCUT2D eigenvalue weighted by Gasteiger charge is 2.23. The molecule has 0 radical (unpaired) electrons. The van der Waals surface area contributed by atoms with E-state index in [-0.39, 0.29) is 11.8 Å². The molecular weight excluding hydrogens is 326 g/mol. The highest BCUT2D eigenvalue weighted by Crippen LogP contribution is 2.34. The second kappa shape index (κ2) is 6.52. The average Bonchev–Trinajstić information content (AvgIpc) is 3.18. The second-order valence-corrected chi connectivity index (χ2v) is 6.28. The van der Waals surface area contributed by atoms with Crippen LogP contribution in [0.3, 0.4) is 0 Å². The summed E-state index contributed by atoms with van der Waals surface area (Å²) in [6.07, 6.45) is 4.35. The van der Waals surface area contributed by atoms with E-state index in [0.717, 1.165) is 27.7 Å². The molecule has 0 atom stereocenters. The normalized spacial score (nSPS) is 14.5. The van der Waals surface area contributed by atoms with E-state index in [1.165, 1.54) is 0 Å². The van der Waals surface area contributed by atoms with Gasteiger partial charge in [-0.05, 0) is 18.2 Å². The lowest BCUT2D eigenvalue weighted by molar-refractivity contribution is -0.120. The highest BCUT2D eigenvalue weighted by molar-refractivity contribution is 6.35. The van der Waals surface area contributed by atoms with E-state index in [2.05, 4.69) is 15.2 Å². The van der Waals surface area contributed by atoms with Crippen molar-refractivity contribution in [2.45, 2.75) is 13.0 Å². The van der Waals surface area contributed by atoms with Crippen molar-refractivity contribution >= 4 is 40.1 Å². The van der Waals surface area contributed by atoms with Crippen molar-refractivity contribution in [3.05, 3.63) is 65.9 Å². The van der Waals surface area contributed by atoms with Crippen LogP contribution >= 0.6 is 0 Å². The molecule has 1 aliphatic rings. The number of benzene rings is 2. The van der Waals surface area contributed by atoms with Gasteiger partial charge in [-0.2, -0.15) is 0 Å². The Morgan fingerprint density at radius 1 is 1.15 bits per heavy atom. The molecule has 2 heterocycles. The van der Waals surface area contributed by atoms with Crippen molar-refractivity contribution in [1.29, 1.82) is 0 Å². The number of carbonyl (C=O) groups excluding carboxylic acids is 2. The number of aryl methyl sites for hydroxylation is 1. The Morgan fingerprint density at radius 3 is 2.77 bits per heavy atom. The summed E-state index contributed by atoms with van der Waals surface area (Å²) in [5.41, 5.74) is 4.44. The van der Waals surface area contributed by atoms with Crippen molar-refractivity contribution in [3.8, 4) is 0 Å². The van der Waals surface area contributed by atoms with E-state index in [0.29, 0.717) is 18.5 Å².